The van der Waals surface area contributed by atoms with E-state index in [1.165, 1.54) is 21.6 Å². The van der Waals surface area contributed by atoms with Crippen LogP contribution in [0.15, 0.2) is 18.5 Å². The van der Waals surface area contributed by atoms with Crippen LogP contribution in [-0.4, -0.2) is 65.0 Å². The van der Waals surface area contributed by atoms with Crippen molar-refractivity contribution in [2.75, 3.05) is 32.6 Å². The van der Waals surface area contributed by atoms with Crippen LogP contribution in [0.3, 0.4) is 0 Å². The molecule has 1 aliphatic carbocycles. The first-order valence-electron chi connectivity index (χ1n) is 12.1. The summed E-state index contributed by atoms with van der Waals surface area (Å²) in [7, 11) is 3.87. The van der Waals surface area contributed by atoms with Crippen molar-refractivity contribution in [1.82, 2.24) is 19.8 Å². The molecule has 2 fully saturated rings. The Labute approximate surface area is 204 Å². The topological polar surface area (TPSA) is 70.6 Å². The van der Waals surface area contributed by atoms with Crippen LogP contribution >= 0.6 is 11.3 Å². The van der Waals surface area contributed by atoms with Gasteiger partial charge in [0.15, 0.2) is 0 Å². The van der Waals surface area contributed by atoms with Gasteiger partial charge in [-0.2, -0.15) is 0 Å². The quantitative estimate of drug-likeness (QED) is 0.611. The van der Waals surface area contributed by atoms with Crippen molar-refractivity contribution < 1.29 is 9.53 Å². The minimum absolute atomic E-state index is 0.0782. The number of methoxy groups -OCH3 is 1. The number of nitrogens with zero attached hydrogens (tertiary/aromatic N) is 4. The average molecular weight is 478 g/mol. The molecular weight excluding hydrogens is 446 g/mol. The van der Waals surface area contributed by atoms with Gasteiger partial charge in [0.2, 0.25) is 5.91 Å². The zero-order valence-corrected chi connectivity index (χ0v) is 21.0. The highest BCUT2D eigenvalue weighted by atomic mass is 32.1. The Morgan fingerprint density at radius 3 is 2.74 bits per heavy atom. The van der Waals surface area contributed by atoms with E-state index in [0.29, 0.717) is 18.0 Å². The molecule has 1 aromatic carbocycles. The number of carbonyl (C=O) groups excluding carboxylic acids is 1. The van der Waals surface area contributed by atoms with Crippen LogP contribution in [0.2, 0.25) is 0 Å². The summed E-state index contributed by atoms with van der Waals surface area (Å²) in [6, 6.07) is 5.11. The molecule has 4 heterocycles. The maximum absolute atomic E-state index is 13.4. The van der Waals surface area contributed by atoms with E-state index in [1.807, 2.05) is 0 Å². The van der Waals surface area contributed by atoms with Gasteiger partial charge in [0, 0.05) is 36.0 Å². The predicted molar refractivity (Wildman–Crippen MR) is 135 cm³/mol. The summed E-state index contributed by atoms with van der Waals surface area (Å²) in [5, 5.41) is 4.62. The van der Waals surface area contributed by atoms with Crippen molar-refractivity contribution in [2.24, 2.45) is 5.92 Å². The first-order chi connectivity index (χ1) is 16.4. The number of hydrogen-bond acceptors (Lipinski definition) is 7. The number of likely N-dealkylation sites (tertiary alicyclic amines) is 2. The molecule has 3 atom stereocenters. The summed E-state index contributed by atoms with van der Waals surface area (Å²) < 4.78 is 5.63. The van der Waals surface area contributed by atoms with E-state index >= 15 is 0 Å². The lowest BCUT2D eigenvalue weighted by Crippen LogP contribution is -2.49. The van der Waals surface area contributed by atoms with E-state index < -0.39 is 0 Å². The summed E-state index contributed by atoms with van der Waals surface area (Å²) in [6.45, 7) is 6.10. The van der Waals surface area contributed by atoms with Crippen LogP contribution in [0.1, 0.15) is 34.4 Å². The van der Waals surface area contributed by atoms with Crippen molar-refractivity contribution in [2.45, 2.75) is 51.6 Å². The summed E-state index contributed by atoms with van der Waals surface area (Å²) in [5.74, 6) is 2.05. The number of piperazine rings is 1. The zero-order chi connectivity index (χ0) is 23.6. The second-order valence-electron chi connectivity index (χ2n) is 10.1. The van der Waals surface area contributed by atoms with Crippen LogP contribution in [-0.2, 0) is 17.6 Å². The van der Waals surface area contributed by atoms with Crippen molar-refractivity contribution in [3.8, 4) is 5.75 Å². The SMILES string of the molecule is COc1cc(C)c(C)cc1Nc1ncnc2sc3c(c12)CCC(C(=O)N1CC2CC1CN2C)C3. The Hall–Kier alpha value is -2.71. The number of fused-ring (bicyclic) bond motifs is 5. The fourth-order valence-electron chi connectivity index (χ4n) is 5.97. The number of ether oxygens (including phenoxy) is 1. The van der Waals surface area contributed by atoms with Crippen molar-refractivity contribution in [3.63, 3.8) is 0 Å². The second kappa shape index (κ2) is 8.20. The third kappa shape index (κ3) is 3.46. The molecule has 1 N–H and O–H groups in total. The molecule has 178 valence electrons. The number of likely N-dealkylation sites (N-methyl/N-ethyl adjacent to an activating group) is 1. The molecular formula is C26H31N5O2S. The summed E-state index contributed by atoms with van der Waals surface area (Å²) in [6.07, 6.45) is 5.35. The number of hydrogen-bond donors (Lipinski definition) is 1. The highest BCUT2D eigenvalue weighted by Crippen LogP contribution is 2.42. The normalized spacial score (nSPS) is 24.0. The number of rotatable bonds is 4. The molecule has 7 nitrogen and oxygen atoms in total. The number of aryl methyl sites for hydroxylation is 3. The highest BCUT2D eigenvalue weighted by Gasteiger charge is 2.45. The van der Waals surface area contributed by atoms with E-state index in [0.717, 1.165) is 66.2 Å². The van der Waals surface area contributed by atoms with Gasteiger partial charge in [-0.3, -0.25) is 9.69 Å². The molecule has 3 aromatic rings. The van der Waals surface area contributed by atoms with Crippen molar-refractivity contribution in [1.29, 1.82) is 0 Å². The van der Waals surface area contributed by atoms with Gasteiger partial charge >= 0.3 is 0 Å². The number of thiophene rings is 1. The number of carbonyl (C=O) groups is 1. The monoisotopic (exact) mass is 477 g/mol. The van der Waals surface area contributed by atoms with Gasteiger partial charge in [0.05, 0.1) is 18.2 Å². The molecule has 2 aliphatic heterocycles. The predicted octanol–water partition coefficient (Wildman–Crippen LogP) is 4.08. The molecule has 1 amide bonds. The Bertz CT molecular complexity index is 1290. The fraction of sp³-hybridized carbons (Fsp3) is 0.500. The lowest BCUT2D eigenvalue weighted by molar-refractivity contribution is -0.138. The van der Waals surface area contributed by atoms with Crippen LogP contribution in [0, 0.1) is 19.8 Å². The average Bonchev–Trinajstić information content (AvgIpc) is 3.52. The van der Waals surface area contributed by atoms with Crippen LogP contribution in [0.4, 0.5) is 11.5 Å². The minimum atomic E-state index is 0.0782. The van der Waals surface area contributed by atoms with Crippen LogP contribution in [0.5, 0.6) is 5.75 Å². The van der Waals surface area contributed by atoms with E-state index in [2.05, 4.69) is 58.1 Å². The lowest BCUT2D eigenvalue weighted by atomic mass is 9.86. The highest BCUT2D eigenvalue weighted by molar-refractivity contribution is 7.19. The maximum Gasteiger partial charge on any atom is 0.226 e. The fourth-order valence-corrected chi connectivity index (χ4v) is 7.24. The Balaban J connectivity index is 1.28. The van der Waals surface area contributed by atoms with Gasteiger partial charge in [0.25, 0.3) is 0 Å². The van der Waals surface area contributed by atoms with Gasteiger partial charge in [-0.1, -0.05) is 0 Å². The van der Waals surface area contributed by atoms with Gasteiger partial charge in [-0.25, -0.2) is 9.97 Å². The van der Waals surface area contributed by atoms with Gasteiger partial charge in [0.1, 0.15) is 22.7 Å². The Morgan fingerprint density at radius 2 is 2.00 bits per heavy atom. The molecule has 2 bridgehead atoms. The molecule has 0 saturated carbocycles. The zero-order valence-electron chi connectivity index (χ0n) is 20.2. The van der Waals surface area contributed by atoms with E-state index in [9.17, 15) is 4.79 Å². The number of anilines is 2. The number of aromatic nitrogens is 2. The number of benzene rings is 1. The third-order valence-electron chi connectivity index (χ3n) is 8.06. The molecule has 8 heteroatoms. The minimum Gasteiger partial charge on any atom is -0.495 e. The molecule has 6 rings (SSSR count). The van der Waals surface area contributed by atoms with Crippen LogP contribution < -0.4 is 10.1 Å². The van der Waals surface area contributed by atoms with Gasteiger partial charge < -0.3 is 15.0 Å². The molecule has 0 radical (unpaired) electrons. The standard InChI is InChI=1S/C26H31N5O2S/c1-14-7-20(21(33-4)8-15(14)2)29-24-23-19-6-5-16(9-22(19)34-25(23)28-13-27-24)26(32)31-12-17-10-18(31)11-30(17)3/h7-8,13,16-18H,5-6,9-12H2,1-4H3,(H,27,28,29). The number of nitrogens with one attached hydrogen (secondary N) is 1. The molecule has 3 unspecified atom stereocenters. The molecule has 34 heavy (non-hydrogen) atoms. The van der Waals surface area contributed by atoms with E-state index in [4.69, 9.17) is 4.74 Å². The summed E-state index contributed by atoms with van der Waals surface area (Å²) in [4.78, 5) is 29.5. The van der Waals surface area contributed by atoms with Gasteiger partial charge in [-0.15, -0.1) is 11.3 Å². The molecule has 2 aromatic heterocycles. The lowest BCUT2D eigenvalue weighted by Gasteiger charge is -2.35. The van der Waals surface area contributed by atoms with E-state index in [1.54, 1.807) is 24.8 Å². The van der Waals surface area contributed by atoms with Crippen LogP contribution in [0.25, 0.3) is 10.2 Å². The molecule has 3 aliphatic rings. The number of amides is 1. The Kier molecular flexibility index (Phi) is 5.26. The smallest absolute Gasteiger partial charge is 0.226 e. The van der Waals surface area contributed by atoms with Gasteiger partial charge in [-0.05, 0) is 75.4 Å². The van der Waals surface area contributed by atoms with E-state index in [-0.39, 0.29) is 5.92 Å². The second-order valence-corrected chi connectivity index (χ2v) is 11.2. The molecule has 0 spiro atoms. The first kappa shape index (κ1) is 21.8. The molecule has 2 saturated heterocycles. The van der Waals surface area contributed by atoms with Crippen molar-refractivity contribution in [3.05, 3.63) is 40.0 Å². The summed E-state index contributed by atoms with van der Waals surface area (Å²) in [5.41, 5.74) is 4.60. The van der Waals surface area contributed by atoms with Crippen molar-refractivity contribution >= 4 is 39.0 Å². The maximum atomic E-state index is 13.4. The first-order valence-corrected chi connectivity index (χ1v) is 12.9. The largest absolute Gasteiger partial charge is 0.495 e. The summed E-state index contributed by atoms with van der Waals surface area (Å²) >= 11 is 1.72. The Morgan fingerprint density at radius 1 is 1.18 bits per heavy atom. The third-order valence-corrected chi connectivity index (χ3v) is 9.22.